The van der Waals surface area contributed by atoms with Gasteiger partial charge in [0, 0.05) is 17.0 Å². The molecule has 0 aliphatic carbocycles. The summed E-state index contributed by atoms with van der Waals surface area (Å²) in [5, 5.41) is 1.00. The molecule has 6 rings (SSSR count). The first-order chi connectivity index (χ1) is 18.9. The Morgan fingerprint density at radius 1 is 0.923 bits per heavy atom. The Morgan fingerprint density at radius 2 is 1.62 bits per heavy atom. The lowest BCUT2D eigenvalue weighted by molar-refractivity contribution is 0.590. The van der Waals surface area contributed by atoms with Crippen LogP contribution in [0.25, 0.3) is 28.0 Å². The summed E-state index contributed by atoms with van der Waals surface area (Å²) in [5.74, 6) is 0.250. The summed E-state index contributed by atoms with van der Waals surface area (Å²) in [5.41, 5.74) is 2.25. The number of hydrogen-bond acceptors (Lipinski definition) is 6. The Bertz CT molecular complexity index is 1910. The number of benzene rings is 4. The van der Waals surface area contributed by atoms with Crippen LogP contribution in [0.1, 0.15) is 5.56 Å². The number of sulfonamides is 1. The molecule has 194 valence electrons. The van der Waals surface area contributed by atoms with Crippen molar-refractivity contribution in [2.24, 2.45) is 4.99 Å². The second kappa shape index (κ2) is 10.3. The summed E-state index contributed by atoms with van der Waals surface area (Å²) in [6.45, 7) is 0.431. The number of aromatic nitrogens is 2. The number of fused-ring (bicyclic) bond motifs is 2. The second-order valence-electron chi connectivity index (χ2n) is 8.84. The van der Waals surface area contributed by atoms with E-state index < -0.39 is 10.0 Å². The molecule has 7 nitrogen and oxygen atoms in total. The van der Waals surface area contributed by atoms with E-state index in [1.54, 1.807) is 42.5 Å². The molecule has 0 amide bonds. The largest absolute Gasteiger partial charge is 0.268 e. The average Bonchev–Trinajstić information content (AvgIpc) is 2.93. The molecule has 0 saturated heterocycles. The highest BCUT2D eigenvalue weighted by atomic mass is 35.5. The molecule has 1 aromatic heterocycles. The predicted molar refractivity (Wildman–Crippen MR) is 156 cm³/mol. The fraction of sp³-hybridized carbons (Fsp3) is 0.0690. The van der Waals surface area contributed by atoms with Gasteiger partial charge in [0.15, 0.2) is 5.17 Å². The molecule has 4 aromatic carbocycles. The number of nitrogens with zero attached hydrogens (tertiary/aromatic N) is 3. The van der Waals surface area contributed by atoms with Gasteiger partial charge in [-0.2, -0.15) is 0 Å². The second-order valence-corrected chi connectivity index (χ2v) is 11.9. The van der Waals surface area contributed by atoms with Crippen LogP contribution in [0.5, 0.6) is 0 Å². The molecule has 5 aromatic rings. The van der Waals surface area contributed by atoms with Crippen molar-refractivity contribution in [3.8, 4) is 17.1 Å². The number of hydrogen-bond donors (Lipinski definition) is 1. The van der Waals surface area contributed by atoms with E-state index in [2.05, 4.69) is 9.71 Å². The van der Waals surface area contributed by atoms with Gasteiger partial charge >= 0.3 is 0 Å². The zero-order valence-electron chi connectivity index (χ0n) is 20.4. The zero-order valence-corrected chi connectivity index (χ0v) is 22.8. The van der Waals surface area contributed by atoms with Gasteiger partial charge in [0.2, 0.25) is 0 Å². The van der Waals surface area contributed by atoms with E-state index in [1.165, 1.54) is 22.4 Å². The van der Waals surface area contributed by atoms with Gasteiger partial charge in [-0.15, -0.1) is 0 Å². The fourth-order valence-electron chi connectivity index (χ4n) is 4.42. The Balaban J connectivity index is 1.45. The first kappa shape index (κ1) is 25.4. The normalized spacial score (nSPS) is 15.2. The van der Waals surface area contributed by atoms with Crippen LogP contribution in [-0.2, 0) is 16.4 Å². The molecular weight excluding hydrogens is 552 g/mol. The highest BCUT2D eigenvalue weighted by Crippen LogP contribution is 2.39. The molecule has 1 aliphatic heterocycles. The van der Waals surface area contributed by atoms with Crippen LogP contribution in [0.15, 0.2) is 117 Å². The van der Waals surface area contributed by atoms with Crippen LogP contribution in [0.4, 0.5) is 0 Å². The van der Waals surface area contributed by atoms with E-state index in [4.69, 9.17) is 16.6 Å². The molecule has 0 bridgehead atoms. The lowest BCUT2D eigenvalue weighted by Gasteiger charge is -2.21. The van der Waals surface area contributed by atoms with E-state index in [9.17, 15) is 13.2 Å². The third kappa shape index (κ3) is 4.96. The van der Waals surface area contributed by atoms with Crippen molar-refractivity contribution in [1.82, 2.24) is 14.3 Å². The Kier molecular flexibility index (Phi) is 6.72. The summed E-state index contributed by atoms with van der Waals surface area (Å²) in [6, 6.07) is 29.0. The smallest absolute Gasteiger partial charge is 0.266 e. The number of amidine groups is 1. The van der Waals surface area contributed by atoms with E-state index in [-0.39, 0.29) is 26.5 Å². The van der Waals surface area contributed by atoms with Crippen molar-refractivity contribution in [3.05, 3.63) is 118 Å². The van der Waals surface area contributed by atoms with Crippen molar-refractivity contribution in [2.45, 2.75) is 16.2 Å². The molecule has 0 unspecified atom stereocenters. The summed E-state index contributed by atoms with van der Waals surface area (Å²) >= 11 is 7.97. The van der Waals surface area contributed by atoms with Gasteiger partial charge < -0.3 is 0 Å². The van der Waals surface area contributed by atoms with Crippen LogP contribution >= 0.6 is 23.4 Å². The van der Waals surface area contributed by atoms with Crippen LogP contribution in [0, 0.1) is 0 Å². The van der Waals surface area contributed by atoms with Crippen LogP contribution in [-0.4, -0.2) is 29.7 Å². The third-order valence-corrected chi connectivity index (χ3v) is 9.21. The molecule has 1 aliphatic rings. The third-order valence-electron chi connectivity index (χ3n) is 6.28. The summed E-state index contributed by atoms with van der Waals surface area (Å²) in [6.07, 6.45) is 0.684. The number of rotatable bonds is 5. The molecule has 2 heterocycles. The highest BCUT2D eigenvalue weighted by Gasteiger charge is 2.30. The van der Waals surface area contributed by atoms with E-state index in [0.717, 1.165) is 5.56 Å². The SMILES string of the molecule is O=c1c2ccccc2nc(-c2cc3c(cc2Cl)SC(=NCCc2ccccc2)NS3(=O)=O)n1-c1ccccc1. The number of para-hydroxylation sites is 2. The minimum atomic E-state index is -3.94. The number of aliphatic imine (C=N–C) groups is 1. The topological polar surface area (TPSA) is 93.4 Å². The monoisotopic (exact) mass is 572 g/mol. The quantitative estimate of drug-likeness (QED) is 0.292. The average molecular weight is 573 g/mol. The Hall–Kier alpha value is -3.92. The van der Waals surface area contributed by atoms with Crippen molar-refractivity contribution >= 4 is 49.5 Å². The van der Waals surface area contributed by atoms with Gasteiger partial charge in [-0.05, 0) is 48.4 Å². The molecule has 0 atom stereocenters. The molecular formula is C29H21ClN4O3S2. The van der Waals surface area contributed by atoms with Gasteiger partial charge in [0.05, 0.1) is 21.6 Å². The van der Waals surface area contributed by atoms with Crippen molar-refractivity contribution in [1.29, 1.82) is 0 Å². The van der Waals surface area contributed by atoms with E-state index >= 15 is 0 Å². The van der Waals surface area contributed by atoms with Crippen LogP contribution < -0.4 is 10.3 Å². The molecule has 0 spiro atoms. The molecule has 39 heavy (non-hydrogen) atoms. The summed E-state index contributed by atoms with van der Waals surface area (Å²) in [4.78, 5) is 23.4. The molecule has 1 N–H and O–H groups in total. The zero-order chi connectivity index (χ0) is 27.0. The number of thioether (sulfide) groups is 1. The first-order valence-corrected chi connectivity index (χ1v) is 14.8. The maximum atomic E-state index is 13.6. The van der Waals surface area contributed by atoms with Gasteiger partial charge in [-0.1, -0.05) is 84.0 Å². The van der Waals surface area contributed by atoms with E-state index in [1.807, 2.05) is 48.5 Å². The van der Waals surface area contributed by atoms with Crippen molar-refractivity contribution < 1.29 is 8.42 Å². The first-order valence-electron chi connectivity index (χ1n) is 12.1. The maximum Gasteiger partial charge on any atom is 0.266 e. The Morgan fingerprint density at radius 3 is 2.38 bits per heavy atom. The van der Waals surface area contributed by atoms with Gasteiger partial charge in [0.25, 0.3) is 15.6 Å². The maximum absolute atomic E-state index is 13.6. The molecule has 0 fully saturated rings. The van der Waals surface area contributed by atoms with Crippen LogP contribution in [0.2, 0.25) is 5.02 Å². The Labute approximate surface area is 234 Å². The molecule has 0 radical (unpaired) electrons. The minimum Gasteiger partial charge on any atom is -0.268 e. The molecule has 0 saturated carbocycles. The standard InChI is InChI=1S/C29H21ClN4O3S2/c30-23-18-25-26(39(36,37)33-29(38-25)31-16-15-19-9-3-1-4-10-19)17-22(23)27-32-24-14-8-7-13-21(24)28(35)34(27)20-11-5-2-6-12-20/h1-14,17-18H,15-16H2,(H,31,33). The lowest BCUT2D eigenvalue weighted by Crippen LogP contribution is -2.33. The van der Waals surface area contributed by atoms with E-state index in [0.29, 0.717) is 40.0 Å². The number of halogens is 1. The number of nitrogens with one attached hydrogen (secondary N) is 1. The van der Waals surface area contributed by atoms with Gasteiger partial charge in [-0.25, -0.2) is 13.4 Å². The molecule has 10 heteroatoms. The summed E-state index contributed by atoms with van der Waals surface area (Å²) < 4.78 is 30.7. The summed E-state index contributed by atoms with van der Waals surface area (Å²) in [7, 11) is -3.94. The highest BCUT2D eigenvalue weighted by molar-refractivity contribution is 8.16. The van der Waals surface area contributed by atoms with Gasteiger partial charge in [0.1, 0.15) is 10.7 Å². The fourth-order valence-corrected chi connectivity index (χ4v) is 7.38. The van der Waals surface area contributed by atoms with Crippen molar-refractivity contribution in [3.63, 3.8) is 0 Å². The predicted octanol–water partition coefficient (Wildman–Crippen LogP) is 5.69. The van der Waals surface area contributed by atoms with Gasteiger partial charge in [-0.3, -0.25) is 19.1 Å². The lowest BCUT2D eigenvalue weighted by atomic mass is 10.1. The van der Waals surface area contributed by atoms with Crippen LogP contribution in [0.3, 0.4) is 0 Å². The van der Waals surface area contributed by atoms with Crippen molar-refractivity contribution in [2.75, 3.05) is 6.54 Å². The minimum absolute atomic E-state index is 0.0518.